The van der Waals surface area contributed by atoms with Crippen LogP contribution in [0.1, 0.15) is 12.5 Å². The van der Waals surface area contributed by atoms with Gasteiger partial charge < -0.3 is 54.4 Å². The molecule has 0 aliphatic carbocycles. The third kappa shape index (κ3) is 9.14. The van der Waals surface area contributed by atoms with Gasteiger partial charge in [-0.3, -0.25) is 18.2 Å². The topological polar surface area (TPSA) is 283 Å². The normalized spacial score (nSPS) is 28.5. The minimum absolute atomic E-state index is 0.0523. The summed E-state index contributed by atoms with van der Waals surface area (Å²) in [5.74, 6) is 0.280. The number of nitrogens with zero attached hydrogens (tertiary/aromatic N) is 8. The predicted molar refractivity (Wildman–Crippen MR) is 190 cm³/mol. The van der Waals surface area contributed by atoms with Crippen molar-refractivity contribution in [3.8, 4) is 0 Å². The fourth-order valence-electron chi connectivity index (χ4n) is 5.84. The molecule has 2 aliphatic heterocycles. The third-order valence-electron chi connectivity index (χ3n) is 8.25. The highest BCUT2D eigenvalue weighted by molar-refractivity contribution is 8.44. The molecule has 4 aromatic rings. The molecule has 0 aromatic carbocycles. The van der Waals surface area contributed by atoms with Crippen LogP contribution in [0.15, 0.2) is 25.3 Å². The van der Waals surface area contributed by atoms with Crippen LogP contribution < -0.4 is 16.4 Å². The maximum Gasteiger partial charge on any atom is 0.386 e. The first kappa shape index (κ1) is 40.2. The number of rotatable bonds is 18. The summed E-state index contributed by atoms with van der Waals surface area (Å²) in [4.78, 5) is 37.5. The lowest BCUT2D eigenvalue weighted by Crippen LogP contribution is -2.39. The van der Waals surface area contributed by atoms with Crippen LogP contribution in [0.2, 0.25) is 0 Å². The molecule has 0 amide bonds. The third-order valence-corrected chi connectivity index (χ3v) is 10.8. The Bertz CT molecular complexity index is 1960. The summed E-state index contributed by atoms with van der Waals surface area (Å²) < 4.78 is 69.2. The van der Waals surface area contributed by atoms with Crippen molar-refractivity contribution in [1.82, 2.24) is 39.0 Å². The van der Waals surface area contributed by atoms with Crippen LogP contribution in [-0.2, 0) is 58.4 Å². The van der Waals surface area contributed by atoms with Crippen LogP contribution in [0.5, 0.6) is 0 Å². The van der Waals surface area contributed by atoms with E-state index in [2.05, 4.69) is 42.2 Å². The van der Waals surface area contributed by atoms with E-state index in [1.807, 2.05) is 0 Å². The Morgan fingerprint density at radius 3 is 1.89 bits per heavy atom. The number of thiol groups is 1. The first-order valence-corrected chi connectivity index (χ1v) is 21.7. The maximum atomic E-state index is 14.0. The van der Waals surface area contributed by atoms with Gasteiger partial charge in [-0.2, -0.15) is 0 Å². The summed E-state index contributed by atoms with van der Waals surface area (Å²) >= 11 is 9.24. The quantitative estimate of drug-likeness (QED) is 0.0575. The number of fused-ring (bicyclic) bond motifs is 2. The van der Waals surface area contributed by atoms with Crippen molar-refractivity contribution < 1.29 is 56.6 Å². The molecular weight excluding hydrogens is 782 g/mol. The number of hydrogen-bond acceptors (Lipinski definition) is 21. The lowest BCUT2D eigenvalue weighted by atomic mass is 10.1. The number of aromatic nitrogens is 8. The Labute approximate surface area is 312 Å². The lowest BCUT2D eigenvalue weighted by molar-refractivity contribution is -0.183. The highest BCUT2D eigenvalue weighted by atomic mass is 32.7. The first-order valence-electron chi connectivity index (χ1n) is 16.0. The second-order valence-corrected chi connectivity index (χ2v) is 18.5. The zero-order chi connectivity index (χ0) is 37.9. The summed E-state index contributed by atoms with van der Waals surface area (Å²) in [6.45, 7) is -6.78. The van der Waals surface area contributed by atoms with Gasteiger partial charge in [0.25, 0.3) is 0 Å². The number of aliphatic hydroxyl groups excluding tert-OH is 1. The average molecular weight is 822 g/mol. The van der Waals surface area contributed by atoms with E-state index in [-0.39, 0.29) is 44.7 Å². The Balaban J connectivity index is 1.23. The van der Waals surface area contributed by atoms with E-state index in [1.165, 1.54) is 55.3 Å². The standard InChI is InChI=1S/C27H40N10O12P2S2/c1-41-4-6-43-20-18(38)14(47-26(20)36-12-34-16-22(28)30-10-32-24(16)36)8-46-51(40,53)49-19-15(9-45-50(3,39)52)48-27(21(19)44-7-5-42-2)37-13-35-17-23(29)31-11-33-25(17)37/h10-15,18-21,26-27,38H,4-9H2,1-3H3,(H,39,52)(H,40,53)(H2,28,30,32)(H2,29,31,33)/p-1/t14-,15-,18?,19?,20+,21+,26-,27-,50?,51?/m1/s1. The van der Waals surface area contributed by atoms with Crippen molar-refractivity contribution in [2.75, 3.05) is 72.0 Å². The molecule has 53 heavy (non-hydrogen) atoms. The van der Waals surface area contributed by atoms with Crippen LogP contribution in [0.25, 0.3) is 22.3 Å². The van der Waals surface area contributed by atoms with Crippen LogP contribution >= 0.6 is 25.5 Å². The van der Waals surface area contributed by atoms with Crippen LogP contribution in [0, 0.1) is 0 Å². The van der Waals surface area contributed by atoms with Crippen molar-refractivity contribution >= 4 is 71.3 Å². The molecule has 2 aliphatic rings. The van der Waals surface area contributed by atoms with Gasteiger partial charge in [0, 0.05) is 14.2 Å². The number of hydrogen-bond donors (Lipinski definition) is 4. The Hall–Kier alpha value is -2.51. The zero-order valence-electron chi connectivity index (χ0n) is 28.6. The summed E-state index contributed by atoms with van der Waals surface area (Å²) in [5, 5.41) is 11.4. The summed E-state index contributed by atoms with van der Waals surface area (Å²) in [6, 6.07) is 0. The van der Waals surface area contributed by atoms with Gasteiger partial charge in [0.05, 0.1) is 52.3 Å². The van der Waals surface area contributed by atoms with E-state index in [1.54, 1.807) is 0 Å². The van der Waals surface area contributed by atoms with Gasteiger partial charge >= 0.3 is 6.80 Å². The molecule has 10 atom stereocenters. The molecule has 2 saturated heterocycles. The SMILES string of the molecule is COCCO[C@H]1C(O)[C@@H](COP(=O)(S)OC2[C@@H](COP(C)([O-])=S)O[C@@H](n3cnc4c(N)ncnc43)[C@H]2OCCOC)O[C@H]1n1cnc2c(N)ncnc21. The fourth-order valence-corrected chi connectivity index (χ4v) is 7.93. The first-order chi connectivity index (χ1) is 25.3. The largest absolute Gasteiger partial charge is 0.801 e. The summed E-state index contributed by atoms with van der Waals surface area (Å²) in [5.41, 5.74) is 13.2. The minimum Gasteiger partial charge on any atom is -0.801 e. The zero-order valence-corrected chi connectivity index (χ0v) is 32.1. The minimum atomic E-state index is -4.36. The van der Waals surface area contributed by atoms with E-state index in [4.69, 9.17) is 65.3 Å². The van der Waals surface area contributed by atoms with Crippen LogP contribution in [0.3, 0.4) is 0 Å². The number of ether oxygens (including phenoxy) is 6. The smallest absolute Gasteiger partial charge is 0.386 e. The highest BCUT2D eigenvalue weighted by Crippen LogP contribution is 2.57. The van der Waals surface area contributed by atoms with Gasteiger partial charge in [0.2, 0.25) is 0 Å². The monoisotopic (exact) mass is 821 g/mol. The molecule has 292 valence electrons. The molecule has 0 spiro atoms. The molecule has 22 nitrogen and oxygen atoms in total. The molecule has 6 heterocycles. The van der Waals surface area contributed by atoms with E-state index >= 15 is 0 Å². The van der Waals surface area contributed by atoms with Gasteiger partial charge in [0.1, 0.15) is 60.3 Å². The molecule has 0 radical (unpaired) electrons. The van der Waals surface area contributed by atoms with Crippen molar-refractivity contribution in [3.05, 3.63) is 25.3 Å². The van der Waals surface area contributed by atoms with E-state index in [0.29, 0.717) is 22.3 Å². The molecule has 0 saturated carbocycles. The fraction of sp³-hybridized carbons (Fsp3) is 0.630. The average Bonchev–Trinajstić information content (AvgIpc) is 3.88. The highest BCUT2D eigenvalue weighted by Gasteiger charge is 2.52. The second-order valence-electron chi connectivity index (χ2n) is 11.8. The number of nitrogen functional groups attached to an aromatic ring is 2. The van der Waals surface area contributed by atoms with Gasteiger partial charge in [-0.15, -0.1) is 0 Å². The summed E-state index contributed by atoms with van der Waals surface area (Å²) in [7, 11) is 3.00. The second kappa shape index (κ2) is 17.1. The van der Waals surface area contributed by atoms with E-state index in [0.717, 1.165) is 0 Å². The molecular formula is C27H39N10O12P2S2-. The Morgan fingerprint density at radius 1 is 0.830 bits per heavy atom. The van der Waals surface area contributed by atoms with E-state index in [9.17, 15) is 14.6 Å². The van der Waals surface area contributed by atoms with Crippen molar-refractivity contribution in [1.29, 1.82) is 0 Å². The summed E-state index contributed by atoms with van der Waals surface area (Å²) in [6.07, 6.45) is -3.34. The molecule has 2 fully saturated rings. The number of aliphatic hydroxyl groups is 1. The Kier molecular flexibility index (Phi) is 13.0. The number of nitrogens with two attached hydrogens (primary N) is 2. The van der Waals surface area contributed by atoms with Gasteiger partial charge in [-0.05, 0) is 13.2 Å². The Morgan fingerprint density at radius 2 is 1.34 bits per heavy atom. The lowest BCUT2D eigenvalue weighted by Gasteiger charge is -2.29. The van der Waals surface area contributed by atoms with Crippen molar-refractivity contribution in [2.24, 2.45) is 0 Å². The molecule has 0 bridgehead atoms. The molecule has 4 aromatic heterocycles. The number of imidazole rings is 2. The molecule has 26 heteroatoms. The predicted octanol–water partition coefficient (Wildman–Crippen LogP) is -0.195. The number of methoxy groups -OCH3 is 2. The maximum absolute atomic E-state index is 14.0. The van der Waals surface area contributed by atoms with Gasteiger partial charge in [0.15, 0.2) is 35.4 Å². The van der Waals surface area contributed by atoms with Crippen LogP contribution in [0.4, 0.5) is 11.6 Å². The molecule has 6 rings (SSSR count). The van der Waals surface area contributed by atoms with Gasteiger partial charge in [-0.25, -0.2) is 34.5 Å². The number of anilines is 2. The van der Waals surface area contributed by atoms with Crippen molar-refractivity contribution in [3.63, 3.8) is 0 Å². The van der Waals surface area contributed by atoms with E-state index < -0.39 is 69.0 Å². The molecule has 5 N–H and O–H groups in total. The van der Waals surface area contributed by atoms with Gasteiger partial charge in [-0.1, -0.05) is 24.1 Å². The molecule has 4 unspecified atom stereocenters. The van der Waals surface area contributed by atoms with Crippen LogP contribution in [-0.4, -0.2) is 141 Å². The van der Waals surface area contributed by atoms with Crippen molar-refractivity contribution in [2.45, 2.75) is 49.1 Å².